The molecule has 4 heteroatoms. The summed E-state index contributed by atoms with van der Waals surface area (Å²) in [5, 5.41) is 0. The lowest BCUT2D eigenvalue weighted by molar-refractivity contribution is -0.129. The molecule has 0 spiro atoms. The summed E-state index contributed by atoms with van der Waals surface area (Å²) in [4.78, 5) is 15.9. The number of methoxy groups -OCH3 is 1. The second kappa shape index (κ2) is 4.28. The van der Waals surface area contributed by atoms with Crippen LogP contribution in [0.3, 0.4) is 0 Å². The van der Waals surface area contributed by atoms with E-state index in [1.165, 1.54) is 0 Å². The van der Waals surface area contributed by atoms with Gasteiger partial charge in [-0.2, -0.15) is 0 Å². The van der Waals surface area contributed by atoms with Gasteiger partial charge in [0.25, 0.3) is 0 Å². The SMILES string of the molecule is COc1ccc2c(c1)C(C(=O)N(C)C)CN2C. The first-order valence-corrected chi connectivity index (χ1v) is 5.65. The van der Waals surface area contributed by atoms with Gasteiger partial charge in [0.2, 0.25) is 5.91 Å². The van der Waals surface area contributed by atoms with Crippen molar-refractivity contribution in [2.45, 2.75) is 5.92 Å². The van der Waals surface area contributed by atoms with Gasteiger partial charge in [-0.25, -0.2) is 0 Å². The first kappa shape index (κ1) is 11.8. The first-order chi connectivity index (χ1) is 8.04. The van der Waals surface area contributed by atoms with Crippen LogP contribution in [0.4, 0.5) is 5.69 Å². The molecule has 0 aromatic heterocycles. The van der Waals surface area contributed by atoms with E-state index in [-0.39, 0.29) is 11.8 Å². The molecule has 1 unspecified atom stereocenters. The molecule has 92 valence electrons. The van der Waals surface area contributed by atoms with Gasteiger partial charge in [-0.15, -0.1) is 0 Å². The minimum absolute atomic E-state index is 0.0832. The molecule has 0 aliphatic carbocycles. The van der Waals surface area contributed by atoms with E-state index >= 15 is 0 Å². The quantitative estimate of drug-likeness (QED) is 0.773. The molecule has 1 aromatic rings. The van der Waals surface area contributed by atoms with Crippen LogP contribution in [-0.2, 0) is 4.79 Å². The molecule has 0 N–H and O–H groups in total. The Labute approximate surface area is 102 Å². The van der Waals surface area contributed by atoms with Gasteiger partial charge in [0, 0.05) is 33.4 Å². The predicted molar refractivity (Wildman–Crippen MR) is 67.7 cm³/mol. The summed E-state index contributed by atoms with van der Waals surface area (Å²) in [7, 11) is 7.23. The molecule has 0 fully saturated rings. The molecule has 1 aliphatic rings. The molecule has 1 aliphatic heterocycles. The van der Waals surface area contributed by atoms with Gasteiger partial charge in [-0.05, 0) is 23.8 Å². The first-order valence-electron chi connectivity index (χ1n) is 5.65. The van der Waals surface area contributed by atoms with Gasteiger partial charge in [-0.1, -0.05) is 0 Å². The largest absolute Gasteiger partial charge is 0.497 e. The van der Waals surface area contributed by atoms with Gasteiger partial charge >= 0.3 is 0 Å². The highest BCUT2D eigenvalue weighted by molar-refractivity contribution is 5.88. The maximum absolute atomic E-state index is 12.1. The number of nitrogens with zero attached hydrogens (tertiary/aromatic N) is 2. The standard InChI is InChI=1S/C13H18N2O2/c1-14(2)13(16)11-8-15(3)12-6-5-9(17-4)7-10(11)12/h5-7,11H,8H2,1-4H3. The maximum atomic E-state index is 12.1. The fraction of sp³-hybridized carbons (Fsp3) is 0.462. The number of anilines is 1. The van der Waals surface area contributed by atoms with Gasteiger partial charge < -0.3 is 14.5 Å². The number of carbonyl (C=O) groups is 1. The summed E-state index contributed by atoms with van der Waals surface area (Å²) in [6.07, 6.45) is 0. The number of hydrogen-bond donors (Lipinski definition) is 0. The molecule has 1 aromatic carbocycles. The van der Waals surface area contributed by atoms with Crippen LogP contribution in [-0.4, -0.2) is 45.6 Å². The van der Waals surface area contributed by atoms with Crippen LogP contribution < -0.4 is 9.64 Å². The number of amides is 1. The van der Waals surface area contributed by atoms with Gasteiger partial charge in [0.15, 0.2) is 0 Å². The predicted octanol–water partition coefficient (Wildman–Crippen LogP) is 1.32. The van der Waals surface area contributed by atoms with Gasteiger partial charge in [0.05, 0.1) is 13.0 Å². The average Bonchev–Trinajstić information content (AvgIpc) is 2.65. The Bertz CT molecular complexity index is 443. The van der Waals surface area contributed by atoms with Crippen LogP contribution in [0, 0.1) is 0 Å². The van der Waals surface area contributed by atoms with Crippen molar-refractivity contribution in [1.29, 1.82) is 0 Å². The van der Waals surface area contributed by atoms with Crippen LogP contribution in [0.1, 0.15) is 11.5 Å². The van der Waals surface area contributed by atoms with Crippen LogP contribution in [0.25, 0.3) is 0 Å². The Morgan fingerprint density at radius 1 is 1.47 bits per heavy atom. The summed E-state index contributed by atoms with van der Waals surface area (Å²) in [6.45, 7) is 0.736. The van der Waals surface area contributed by atoms with E-state index in [9.17, 15) is 4.79 Å². The average molecular weight is 234 g/mol. The molecule has 0 radical (unpaired) electrons. The third-order valence-electron chi connectivity index (χ3n) is 3.22. The number of ether oxygens (including phenoxy) is 1. The molecule has 0 saturated carbocycles. The van der Waals surface area contributed by atoms with Crippen molar-refractivity contribution in [1.82, 2.24) is 4.90 Å². The summed E-state index contributed by atoms with van der Waals surface area (Å²) >= 11 is 0. The Balaban J connectivity index is 2.41. The highest BCUT2D eigenvalue weighted by Crippen LogP contribution is 2.38. The van der Waals surface area contributed by atoms with E-state index in [1.807, 2.05) is 25.2 Å². The lowest BCUT2D eigenvalue weighted by atomic mass is 10.00. The van der Waals surface area contributed by atoms with Crippen LogP contribution >= 0.6 is 0 Å². The summed E-state index contributed by atoms with van der Waals surface area (Å²) in [5.41, 5.74) is 2.18. The molecule has 0 saturated heterocycles. The molecule has 17 heavy (non-hydrogen) atoms. The van der Waals surface area contributed by atoms with E-state index in [4.69, 9.17) is 4.74 Å². The Kier molecular flexibility index (Phi) is 2.96. The number of hydrogen-bond acceptors (Lipinski definition) is 3. The van der Waals surface area contributed by atoms with Crippen molar-refractivity contribution in [3.05, 3.63) is 23.8 Å². The van der Waals surface area contributed by atoms with Crippen molar-refractivity contribution in [2.75, 3.05) is 39.7 Å². The summed E-state index contributed by atoms with van der Waals surface area (Å²) < 4.78 is 5.22. The van der Waals surface area contributed by atoms with E-state index < -0.39 is 0 Å². The van der Waals surface area contributed by atoms with Gasteiger partial charge in [-0.3, -0.25) is 4.79 Å². The summed E-state index contributed by atoms with van der Waals surface area (Å²) in [6, 6.07) is 5.90. The Morgan fingerprint density at radius 3 is 2.76 bits per heavy atom. The number of likely N-dealkylation sites (N-methyl/N-ethyl adjacent to an activating group) is 2. The highest BCUT2D eigenvalue weighted by atomic mass is 16.5. The fourth-order valence-electron chi connectivity index (χ4n) is 2.28. The molecule has 1 atom stereocenters. The third kappa shape index (κ3) is 1.95. The lowest BCUT2D eigenvalue weighted by Crippen LogP contribution is -2.30. The molecule has 0 bridgehead atoms. The zero-order chi connectivity index (χ0) is 12.6. The van der Waals surface area contributed by atoms with Crippen LogP contribution in [0.2, 0.25) is 0 Å². The molecule has 2 rings (SSSR count). The lowest BCUT2D eigenvalue weighted by Gasteiger charge is -2.17. The Morgan fingerprint density at radius 2 is 2.18 bits per heavy atom. The molecular formula is C13H18N2O2. The molecular weight excluding hydrogens is 216 g/mol. The second-order valence-electron chi connectivity index (χ2n) is 4.59. The topological polar surface area (TPSA) is 32.8 Å². The summed E-state index contributed by atoms with van der Waals surface area (Å²) in [5.74, 6) is 0.861. The smallest absolute Gasteiger partial charge is 0.231 e. The minimum Gasteiger partial charge on any atom is -0.497 e. The number of carbonyl (C=O) groups excluding carboxylic acids is 1. The van der Waals surface area contributed by atoms with Crippen molar-refractivity contribution in [3.8, 4) is 5.75 Å². The number of fused-ring (bicyclic) bond motifs is 1. The van der Waals surface area contributed by atoms with Crippen molar-refractivity contribution >= 4 is 11.6 Å². The minimum atomic E-state index is -0.0832. The van der Waals surface area contributed by atoms with Crippen LogP contribution in [0.5, 0.6) is 5.75 Å². The third-order valence-corrected chi connectivity index (χ3v) is 3.22. The van der Waals surface area contributed by atoms with Gasteiger partial charge in [0.1, 0.15) is 5.75 Å². The van der Waals surface area contributed by atoms with Crippen molar-refractivity contribution < 1.29 is 9.53 Å². The zero-order valence-electron chi connectivity index (χ0n) is 10.7. The van der Waals surface area contributed by atoms with E-state index in [0.717, 1.165) is 23.5 Å². The highest BCUT2D eigenvalue weighted by Gasteiger charge is 2.33. The fourth-order valence-corrected chi connectivity index (χ4v) is 2.28. The zero-order valence-corrected chi connectivity index (χ0v) is 10.7. The van der Waals surface area contributed by atoms with E-state index in [2.05, 4.69) is 4.90 Å². The van der Waals surface area contributed by atoms with E-state index in [1.54, 1.807) is 26.1 Å². The monoisotopic (exact) mass is 234 g/mol. The van der Waals surface area contributed by atoms with E-state index in [0.29, 0.717) is 0 Å². The second-order valence-corrected chi connectivity index (χ2v) is 4.59. The molecule has 1 amide bonds. The van der Waals surface area contributed by atoms with Crippen molar-refractivity contribution in [3.63, 3.8) is 0 Å². The number of benzene rings is 1. The number of rotatable bonds is 2. The maximum Gasteiger partial charge on any atom is 0.231 e. The van der Waals surface area contributed by atoms with Crippen LogP contribution in [0.15, 0.2) is 18.2 Å². The molecule has 1 heterocycles. The van der Waals surface area contributed by atoms with Crippen molar-refractivity contribution in [2.24, 2.45) is 0 Å². The normalized spacial score (nSPS) is 17.9. The Hall–Kier alpha value is -1.71. The molecule has 4 nitrogen and oxygen atoms in total.